The largest absolute Gasteiger partial charge is 0.440 e. The summed E-state index contributed by atoms with van der Waals surface area (Å²) in [6.45, 7) is 4.42. The number of fused-ring (bicyclic) bond motifs is 1. The monoisotopic (exact) mass is 418 g/mol. The van der Waals surface area contributed by atoms with E-state index >= 15 is 0 Å². The Labute approximate surface area is 182 Å². The van der Waals surface area contributed by atoms with Gasteiger partial charge in [-0.2, -0.15) is 0 Å². The fourth-order valence-corrected chi connectivity index (χ4v) is 5.00. The van der Waals surface area contributed by atoms with Crippen molar-refractivity contribution in [2.24, 2.45) is 0 Å². The number of rotatable bonds is 4. The molecule has 2 heterocycles. The van der Waals surface area contributed by atoms with Gasteiger partial charge in [-0.1, -0.05) is 60.7 Å². The molecule has 1 fully saturated rings. The summed E-state index contributed by atoms with van der Waals surface area (Å²) in [5, 5.41) is 0. The molecule has 0 aromatic heterocycles. The van der Waals surface area contributed by atoms with Gasteiger partial charge in [-0.15, -0.1) is 0 Å². The molecule has 3 aromatic rings. The predicted octanol–water partition coefficient (Wildman–Crippen LogP) is 5.00. The predicted molar refractivity (Wildman–Crippen MR) is 121 cm³/mol. The maximum Gasteiger partial charge on any atom is 0.305 e. The van der Waals surface area contributed by atoms with Crippen molar-refractivity contribution in [3.63, 3.8) is 0 Å². The molecule has 5 rings (SSSR count). The van der Waals surface area contributed by atoms with Crippen molar-refractivity contribution in [2.75, 3.05) is 33.2 Å². The molecule has 1 saturated heterocycles. The molecule has 3 aromatic carbocycles. The van der Waals surface area contributed by atoms with Crippen LogP contribution in [0.4, 0.5) is 0 Å². The molecule has 0 aliphatic carbocycles. The van der Waals surface area contributed by atoms with E-state index in [-0.39, 0.29) is 0 Å². The Hall–Kier alpha value is -2.47. The van der Waals surface area contributed by atoms with Gasteiger partial charge in [-0.05, 0) is 50.2 Å². The lowest BCUT2D eigenvalue weighted by Crippen LogP contribution is -2.36. The molecule has 2 aliphatic rings. The van der Waals surface area contributed by atoms with E-state index in [1.165, 1.54) is 11.3 Å². The van der Waals surface area contributed by atoms with Crippen molar-refractivity contribution in [2.45, 2.75) is 17.1 Å². The number of likely N-dealkylation sites (N-methyl/N-ethyl adjacent to an activating group) is 1. The first kappa shape index (κ1) is 19.5. The van der Waals surface area contributed by atoms with Crippen LogP contribution >= 0.6 is 11.9 Å². The van der Waals surface area contributed by atoms with E-state index < -0.39 is 5.79 Å². The zero-order valence-corrected chi connectivity index (χ0v) is 18.0. The van der Waals surface area contributed by atoms with E-state index in [1.807, 2.05) is 54.4 Å². The standard InChI is InChI=1S/C25H26N2O2S/c1-26-15-8-16-27(18-17-26)30-22-13-14-23-24(19-22)29-25(28-23,20-9-4-2-5-10-20)21-11-6-3-7-12-21/h2-7,9-14,19H,8,15-18H2,1H3. The zero-order chi connectivity index (χ0) is 20.4. The number of benzene rings is 3. The van der Waals surface area contributed by atoms with E-state index in [9.17, 15) is 0 Å². The quantitative estimate of drug-likeness (QED) is 0.555. The molecule has 0 spiro atoms. The highest BCUT2D eigenvalue weighted by atomic mass is 32.2. The van der Waals surface area contributed by atoms with E-state index in [2.05, 4.69) is 52.7 Å². The second-order valence-electron chi connectivity index (χ2n) is 7.84. The Kier molecular flexibility index (Phi) is 5.42. The summed E-state index contributed by atoms with van der Waals surface area (Å²) in [7, 11) is 2.20. The third kappa shape index (κ3) is 3.81. The molecule has 0 saturated carbocycles. The highest BCUT2D eigenvalue weighted by Gasteiger charge is 2.45. The van der Waals surface area contributed by atoms with Gasteiger partial charge in [0.05, 0.1) is 0 Å². The number of hydrogen-bond acceptors (Lipinski definition) is 5. The minimum absolute atomic E-state index is 0.780. The SMILES string of the molecule is CN1CCCN(Sc2ccc3c(c2)OC(c2ccccc2)(c2ccccc2)O3)CC1. The van der Waals surface area contributed by atoms with Gasteiger partial charge in [-0.25, -0.2) is 4.31 Å². The van der Waals surface area contributed by atoms with Crippen LogP contribution in [0.15, 0.2) is 83.8 Å². The molecule has 0 atom stereocenters. The average molecular weight is 419 g/mol. The number of nitrogens with zero attached hydrogens (tertiary/aromatic N) is 2. The Morgan fingerprint density at radius 1 is 0.733 bits per heavy atom. The molecule has 0 amide bonds. The summed E-state index contributed by atoms with van der Waals surface area (Å²) >= 11 is 1.81. The van der Waals surface area contributed by atoms with E-state index in [4.69, 9.17) is 9.47 Å². The van der Waals surface area contributed by atoms with Gasteiger partial charge in [0.2, 0.25) is 0 Å². The molecular formula is C25H26N2O2S. The highest BCUT2D eigenvalue weighted by Crippen LogP contribution is 2.48. The molecule has 0 N–H and O–H groups in total. The summed E-state index contributed by atoms with van der Waals surface area (Å²) in [5.41, 5.74) is 1.97. The maximum atomic E-state index is 6.58. The van der Waals surface area contributed by atoms with Crippen LogP contribution in [0.1, 0.15) is 17.5 Å². The summed E-state index contributed by atoms with van der Waals surface area (Å²) < 4.78 is 15.5. The summed E-state index contributed by atoms with van der Waals surface area (Å²) in [4.78, 5) is 3.58. The molecule has 4 nitrogen and oxygen atoms in total. The molecule has 5 heteroatoms. The molecule has 0 bridgehead atoms. The third-order valence-corrected chi connectivity index (χ3v) is 6.73. The van der Waals surface area contributed by atoms with Crippen molar-refractivity contribution < 1.29 is 9.47 Å². The van der Waals surface area contributed by atoms with Gasteiger partial charge in [0.25, 0.3) is 0 Å². The van der Waals surface area contributed by atoms with Crippen molar-refractivity contribution in [3.05, 3.63) is 90.0 Å². The van der Waals surface area contributed by atoms with E-state index in [0.29, 0.717) is 0 Å². The van der Waals surface area contributed by atoms with Gasteiger partial charge in [0.1, 0.15) is 0 Å². The maximum absolute atomic E-state index is 6.58. The first-order valence-corrected chi connectivity index (χ1v) is 11.2. The lowest BCUT2D eigenvalue weighted by Gasteiger charge is -2.28. The Morgan fingerprint density at radius 2 is 1.40 bits per heavy atom. The summed E-state index contributed by atoms with van der Waals surface area (Å²) in [6.07, 6.45) is 1.19. The van der Waals surface area contributed by atoms with Gasteiger partial charge in [0, 0.05) is 35.7 Å². The van der Waals surface area contributed by atoms with E-state index in [1.54, 1.807) is 0 Å². The van der Waals surface area contributed by atoms with Crippen molar-refractivity contribution in [1.29, 1.82) is 0 Å². The average Bonchev–Trinajstić information content (AvgIpc) is 3.07. The fourth-order valence-electron chi connectivity index (χ4n) is 4.02. The van der Waals surface area contributed by atoms with Gasteiger partial charge in [-0.3, -0.25) is 0 Å². The fraction of sp³-hybridized carbons (Fsp3) is 0.280. The number of ether oxygens (including phenoxy) is 2. The smallest absolute Gasteiger partial charge is 0.305 e. The normalized spacial score (nSPS) is 18.8. The van der Waals surface area contributed by atoms with Crippen molar-refractivity contribution in [1.82, 2.24) is 9.21 Å². The third-order valence-electron chi connectivity index (χ3n) is 5.64. The van der Waals surface area contributed by atoms with Crippen LogP contribution in [-0.2, 0) is 5.79 Å². The summed E-state index contributed by atoms with van der Waals surface area (Å²) in [6, 6.07) is 26.6. The Balaban J connectivity index is 1.44. The Bertz CT molecular complexity index is 957. The minimum atomic E-state index is -0.959. The van der Waals surface area contributed by atoms with Gasteiger partial charge >= 0.3 is 5.79 Å². The van der Waals surface area contributed by atoms with Crippen LogP contribution in [-0.4, -0.2) is 42.4 Å². The molecule has 0 radical (unpaired) electrons. The molecular weight excluding hydrogens is 392 g/mol. The van der Waals surface area contributed by atoms with Crippen LogP contribution in [0.3, 0.4) is 0 Å². The topological polar surface area (TPSA) is 24.9 Å². The lowest BCUT2D eigenvalue weighted by molar-refractivity contribution is -0.0459. The first-order valence-electron chi connectivity index (χ1n) is 10.5. The van der Waals surface area contributed by atoms with Crippen LogP contribution in [0.2, 0.25) is 0 Å². The van der Waals surface area contributed by atoms with Crippen molar-refractivity contribution >= 4 is 11.9 Å². The van der Waals surface area contributed by atoms with Crippen LogP contribution in [0.25, 0.3) is 0 Å². The molecule has 30 heavy (non-hydrogen) atoms. The van der Waals surface area contributed by atoms with Gasteiger partial charge in [0.15, 0.2) is 11.5 Å². The molecule has 154 valence electrons. The van der Waals surface area contributed by atoms with Gasteiger partial charge < -0.3 is 14.4 Å². The van der Waals surface area contributed by atoms with Crippen molar-refractivity contribution in [3.8, 4) is 11.5 Å². The Morgan fingerprint density at radius 3 is 2.10 bits per heavy atom. The minimum Gasteiger partial charge on any atom is -0.440 e. The molecule has 2 aliphatic heterocycles. The van der Waals surface area contributed by atoms with Crippen LogP contribution in [0, 0.1) is 0 Å². The summed E-state index contributed by atoms with van der Waals surface area (Å²) in [5.74, 6) is 0.613. The first-order chi connectivity index (χ1) is 14.7. The second kappa shape index (κ2) is 8.34. The molecule has 0 unspecified atom stereocenters. The van der Waals surface area contributed by atoms with Crippen LogP contribution in [0.5, 0.6) is 11.5 Å². The van der Waals surface area contributed by atoms with E-state index in [0.717, 1.165) is 48.8 Å². The second-order valence-corrected chi connectivity index (χ2v) is 9.01. The zero-order valence-electron chi connectivity index (χ0n) is 17.2. The van der Waals surface area contributed by atoms with Crippen LogP contribution < -0.4 is 9.47 Å². The lowest BCUT2D eigenvalue weighted by atomic mass is 9.97. The number of hydrogen-bond donors (Lipinski definition) is 0. The highest BCUT2D eigenvalue weighted by molar-refractivity contribution is 7.97.